The number of benzene rings is 2. The number of likely N-dealkylation sites (tertiary alicyclic amines) is 2. The summed E-state index contributed by atoms with van der Waals surface area (Å²) in [5, 5.41) is 9.64. The van der Waals surface area contributed by atoms with Crippen LogP contribution in [0.2, 0.25) is 5.02 Å². The number of halogens is 1. The van der Waals surface area contributed by atoms with Gasteiger partial charge in [-0.1, -0.05) is 35.9 Å². The van der Waals surface area contributed by atoms with Gasteiger partial charge in [0.2, 0.25) is 5.91 Å². The van der Waals surface area contributed by atoms with Crippen LogP contribution >= 0.6 is 11.6 Å². The standard InChI is InChI=1S/C23H24ClN3O/c24-21-7-5-20(6-8-21)16-27-17-23(13-22(27)28)9-11-26(12-10-23)15-19-3-1-18(14-25)2-4-19/h1-8H,9-13,15-17H2. The van der Waals surface area contributed by atoms with Gasteiger partial charge in [0.15, 0.2) is 0 Å². The van der Waals surface area contributed by atoms with Crippen molar-refractivity contribution < 1.29 is 4.79 Å². The highest BCUT2D eigenvalue weighted by Gasteiger charge is 2.44. The van der Waals surface area contributed by atoms with Gasteiger partial charge in [0.25, 0.3) is 0 Å². The van der Waals surface area contributed by atoms with Crippen molar-refractivity contribution in [1.29, 1.82) is 5.26 Å². The van der Waals surface area contributed by atoms with Gasteiger partial charge in [0.05, 0.1) is 11.6 Å². The fourth-order valence-corrected chi connectivity index (χ4v) is 4.53. The summed E-state index contributed by atoms with van der Waals surface area (Å²) in [6.07, 6.45) is 2.80. The van der Waals surface area contributed by atoms with Crippen LogP contribution in [0.3, 0.4) is 0 Å². The molecule has 2 aliphatic rings. The van der Waals surface area contributed by atoms with Gasteiger partial charge in [-0.05, 0) is 66.7 Å². The van der Waals surface area contributed by atoms with Crippen LogP contribution in [0.1, 0.15) is 36.0 Å². The molecule has 0 aromatic heterocycles. The van der Waals surface area contributed by atoms with E-state index in [-0.39, 0.29) is 11.3 Å². The molecule has 4 nitrogen and oxygen atoms in total. The number of hydrogen-bond donors (Lipinski definition) is 0. The predicted molar refractivity (Wildman–Crippen MR) is 110 cm³/mol. The fraction of sp³-hybridized carbons (Fsp3) is 0.391. The third-order valence-electron chi connectivity index (χ3n) is 6.10. The highest BCUT2D eigenvalue weighted by atomic mass is 35.5. The minimum absolute atomic E-state index is 0.130. The summed E-state index contributed by atoms with van der Waals surface area (Å²) in [5.41, 5.74) is 3.20. The first-order chi connectivity index (χ1) is 13.5. The zero-order valence-corrected chi connectivity index (χ0v) is 16.7. The van der Waals surface area contributed by atoms with E-state index in [1.807, 2.05) is 53.4 Å². The van der Waals surface area contributed by atoms with E-state index >= 15 is 0 Å². The first-order valence-corrected chi connectivity index (χ1v) is 10.2. The van der Waals surface area contributed by atoms with Gasteiger partial charge in [-0.2, -0.15) is 5.26 Å². The number of carbonyl (C=O) groups excluding carboxylic acids is 1. The van der Waals surface area contributed by atoms with E-state index in [0.29, 0.717) is 18.5 Å². The summed E-state index contributed by atoms with van der Waals surface area (Å²) in [7, 11) is 0. The lowest BCUT2D eigenvalue weighted by molar-refractivity contribution is -0.128. The first kappa shape index (κ1) is 19.0. The van der Waals surface area contributed by atoms with Crippen LogP contribution in [0.4, 0.5) is 0 Å². The predicted octanol–water partition coefficient (Wildman–Crippen LogP) is 4.23. The molecule has 2 heterocycles. The average Bonchev–Trinajstić information content (AvgIpc) is 3.01. The van der Waals surface area contributed by atoms with Crippen LogP contribution in [0.25, 0.3) is 0 Å². The van der Waals surface area contributed by atoms with Gasteiger partial charge in [-0.25, -0.2) is 0 Å². The maximum atomic E-state index is 12.6. The molecule has 5 heteroatoms. The Morgan fingerprint density at radius 2 is 1.57 bits per heavy atom. The van der Waals surface area contributed by atoms with E-state index in [1.165, 1.54) is 5.56 Å². The molecule has 2 aromatic carbocycles. The van der Waals surface area contributed by atoms with Crippen molar-refractivity contribution in [2.75, 3.05) is 19.6 Å². The minimum atomic E-state index is 0.130. The number of piperidine rings is 1. The Morgan fingerprint density at radius 1 is 0.964 bits per heavy atom. The molecular formula is C23H24ClN3O. The zero-order valence-electron chi connectivity index (χ0n) is 15.9. The summed E-state index contributed by atoms with van der Waals surface area (Å²) in [5.74, 6) is 0.274. The van der Waals surface area contributed by atoms with Gasteiger partial charge in [-0.15, -0.1) is 0 Å². The van der Waals surface area contributed by atoms with Gasteiger partial charge in [0.1, 0.15) is 0 Å². The molecule has 0 N–H and O–H groups in total. The summed E-state index contributed by atoms with van der Waals surface area (Å²) in [4.78, 5) is 17.1. The number of nitriles is 1. The molecule has 1 amide bonds. The van der Waals surface area contributed by atoms with Crippen molar-refractivity contribution >= 4 is 17.5 Å². The molecule has 0 aliphatic carbocycles. The fourth-order valence-electron chi connectivity index (χ4n) is 4.40. The number of hydrogen-bond acceptors (Lipinski definition) is 3. The van der Waals surface area contributed by atoms with Gasteiger partial charge in [-0.3, -0.25) is 9.69 Å². The van der Waals surface area contributed by atoms with Crippen LogP contribution < -0.4 is 0 Å². The van der Waals surface area contributed by atoms with Crippen molar-refractivity contribution in [3.63, 3.8) is 0 Å². The zero-order chi connectivity index (χ0) is 19.6. The lowest BCUT2D eigenvalue weighted by atomic mass is 9.77. The summed E-state index contributed by atoms with van der Waals surface area (Å²) in [6.45, 7) is 4.47. The summed E-state index contributed by atoms with van der Waals surface area (Å²) < 4.78 is 0. The Balaban J connectivity index is 1.32. The second-order valence-electron chi connectivity index (χ2n) is 8.14. The molecule has 1 spiro atoms. The molecule has 144 valence electrons. The van der Waals surface area contributed by atoms with Crippen LogP contribution in [0.15, 0.2) is 48.5 Å². The molecule has 0 radical (unpaired) electrons. The smallest absolute Gasteiger partial charge is 0.223 e. The lowest BCUT2D eigenvalue weighted by Crippen LogP contribution is -2.41. The molecule has 0 atom stereocenters. The average molecular weight is 394 g/mol. The van der Waals surface area contributed by atoms with Crippen molar-refractivity contribution in [3.05, 3.63) is 70.2 Å². The number of carbonyl (C=O) groups is 1. The van der Waals surface area contributed by atoms with Crippen LogP contribution in [0.5, 0.6) is 0 Å². The molecule has 2 fully saturated rings. The van der Waals surface area contributed by atoms with Crippen molar-refractivity contribution in [2.45, 2.75) is 32.4 Å². The van der Waals surface area contributed by atoms with Gasteiger partial charge >= 0.3 is 0 Å². The Hall–Kier alpha value is -2.35. The van der Waals surface area contributed by atoms with E-state index in [4.69, 9.17) is 16.9 Å². The Morgan fingerprint density at radius 3 is 2.21 bits per heavy atom. The van der Waals surface area contributed by atoms with Crippen LogP contribution in [-0.2, 0) is 17.9 Å². The minimum Gasteiger partial charge on any atom is -0.338 e. The lowest BCUT2D eigenvalue weighted by Gasteiger charge is -2.38. The Kier molecular flexibility index (Phi) is 5.39. The first-order valence-electron chi connectivity index (χ1n) is 9.79. The molecule has 2 aromatic rings. The van der Waals surface area contributed by atoms with Crippen LogP contribution in [-0.4, -0.2) is 35.3 Å². The monoisotopic (exact) mass is 393 g/mol. The number of rotatable bonds is 4. The summed E-state index contributed by atoms with van der Waals surface area (Å²) in [6, 6.07) is 17.8. The molecule has 0 unspecified atom stereocenters. The second kappa shape index (κ2) is 7.95. The maximum absolute atomic E-state index is 12.6. The van der Waals surface area contributed by atoms with Gasteiger partial charge in [0, 0.05) is 31.1 Å². The molecule has 2 aliphatic heterocycles. The highest BCUT2D eigenvalue weighted by molar-refractivity contribution is 6.30. The van der Waals surface area contributed by atoms with E-state index in [1.54, 1.807) is 0 Å². The van der Waals surface area contributed by atoms with E-state index in [2.05, 4.69) is 11.0 Å². The molecule has 28 heavy (non-hydrogen) atoms. The van der Waals surface area contributed by atoms with E-state index in [0.717, 1.165) is 49.6 Å². The molecule has 0 bridgehead atoms. The SMILES string of the molecule is N#Cc1ccc(CN2CCC3(CC2)CC(=O)N(Cc2ccc(Cl)cc2)C3)cc1. The number of amides is 1. The normalized spacial score (nSPS) is 19.1. The quantitative estimate of drug-likeness (QED) is 0.781. The molecule has 4 rings (SSSR count). The van der Waals surface area contributed by atoms with E-state index in [9.17, 15) is 4.79 Å². The van der Waals surface area contributed by atoms with E-state index < -0.39 is 0 Å². The molecule has 2 saturated heterocycles. The largest absolute Gasteiger partial charge is 0.338 e. The van der Waals surface area contributed by atoms with Crippen LogP contribution in [0, 0.1) is 16.7 Å². The third kappa shape index (κ3) is 4.22. The van der Waals surface area contributed by atoms with Crippen molar-refractivity contribution in [1.82, 2.24) is 9.80 Å². The Labute approximate surface area is 171 Å². The third-order valence-corrected chi connectivity index (χ3v) is 6.35. The molecule has 0 saturated carbocycles. The molecular weight excluding hydrogens is 370 g/mol. The van der Waals surface area contributed by atoms with Crippen molar-refractivity contribution in [3.8, 4) is 6.07 Å². The summed E-state index contributed by atoms with van der Waals surface area (Å²) >= 11 is 5.96. The highest BCUT2D eigenvalue weighted by Crippen LogP contribution is 2.41. The maximum Gasteiger partial charge on any atom is 0.223 e. The second-order valence-corrected chi connectivity index (χ2v) is 8.57. The topological polar surface area (TPSA) is 47.3 Å². The van der Waals surface area contributed by atoms with Crippen molar-refractivity contribution in [2.24, 2.45) is 5.41 Å². The Bertz CT molecular complexity index is 878. The van der Waals surface area contributed by atoms with Gasteiger partial charge < -0.3 is 4.90 Å². The number of nitrogens with zero attached hydrogens (tertiary/aromatic N) is 3.